The minimum atomic E-state index is -0.422. The molecule has 116 valence electrons. The number of hydrogen-bond donors (Lipinski definition) is 3. The second kappa shape index (κ2) is 5.90. The maximum Gasteiger partial charge on any atom is 0.259 e. The standard InChI is InChI=1S/C14H14N2OS5/c1-4(2)20-14-7-6(12(22-14)13(15)17)9(18)10(19)8-11(7)21-5(3)16-8/h4,18-19H,1-3H3,(H2,15,17). The van der Waals surface area contributed by atoms with Crippen molar-refractivity contribution in [3.8, 4) is 0 Å². The van der Waals surface area contributed by atoms with Gasteiger partial charge in [-0.15, -0.1) is 59.7 Å². The molecule has 3 nitrogen and oxygen atoms in total. The first-order chi connectivity index (χ1) is 10.3. The van der Waals surface area contributed by atoms with Crippen molar-refractivity contribution in [2.24, 2.45) is 5.73 Å². The first-order valence-corrected chi connectivity index (χ1v) is 9.96. The fraction of sp³-hybridized carbons (Fsp3) is 0.286. The van der Waals surface area contributed by atoms with E-state index >= 15 is 0 Å². The predicted molar refractivity (Wildman–Crippen MR) is 104 cm³/mol. The van der Waals surface area contributed by atoms with Crippen molar-refractivity contribution in [2.75, 3.05) is 0 Å². The largest absolute Gasteiger partial charge is 0.365 e. The van der Waals surface area contributed by atoms with Crippen LogP contribution in [0.1, 0.15) is 28.5 Å². The van der Waals surface area contributed by atoms with Gasteiger partial charge in [0.25, 0.3) is 5.91 Å². The van der Waals surface area contributed by atoms with Crippen LogP contribution in [0.4, 0.5) is 0 Å². The summed E-state index contributed by atoms with van der Waals surface area (Å²) in [5, 5.41) is 3.23. The molecule has 0 spiro atoms. The van der Waals surface area contributed by atoms with Crippen LogP contribution in [0.2, 0.25) is 0 Å². The van der Waals surface area contributed by atoms with Gasteiger partial charge in [0.1, 0.15) is 4.88 Å². The number of nitrogens with two attached hydrogens (primary N) is 1. The van der Waals surface area contributed by atoms with E-state index in [1.54, 1.807) is 23.1 Å². The fourth-order valence-corrected chi connectivity index (χ4v) is 6.84. The van der Waals surface area contributed by atoms with Gasteiger partial charge in [-0.2, -0.15) is 0 Å². The van der Waals surface area contributed by atoms with Crippen molar-refractivity contribution < 1.29 is 4.79 Å². The van der Waals surface area contributed by atoms with E-state index in [2.05, 4.69) is 44.1 Å². The van der Waals surface area contributed by atoms with Gasteiger partial charge in [-0.05, 0) is 6.92 Å². The number of carbonyl (C=O) groups excluding carboxylic acids is 1. The van der Waals surface area contributed by atoms with Gasteiger partial charge in [0.15, 0.2) is 0 Å². The second-order valence-electron chi connectivity index (χ2n) is 5.11. The Balaban J connectivity index is 2.54. The number of thiazole rings is 1. The third-order valence-corrected chi connectivity index (χ3v) is 7.56. The van der Waals surface area contributed by atoms with Gasteiger partial charge in [-0.25, -0.2) is 4.98 Å². The van der Waals surface area contributed by atoms with E-state index in [1.807, 2.05) is 6.92 Å². The molecule has 2 aromatic heterocycles. The second-order valence-corrected chi connectivity index (χ2v) is 10.1. The Bertz CT molecular complexity index is 909. The number of primary amides is 1. The maximum absolute atomic E-state index is 11.9. The Morgan fingerprint density at radius 1 is 1.23 bits per heavy atom. The monoisotopic (exact) mass is 386 g/mol. The number of fused-ring (bicyclic) bond motifs is 3. The summed E-state index contributed by atoms with van der Waals surface area (Å²) in [5.41, 5.74) is 6.43. The number of rotatable bonds is 3. The zero-order valence-corrected chi connectivity index (χ0v) is 16.4. The number of aromatic nitrogens is 1. The molecular weight excluding hydrogens is 373 g/mol. The van der Waals surface area contributed by atoms with Crippen molar-refractivity contribution in [3.05, 3.63) is 9.88 Å². The van der Waals surface area contributed by atoms with E-state index in [-0.39, 0.29) is 0 Å². The lowest BCUT2D eigenvalue weighted by atomic mass is 10.1. The summed E-state index contributed by atoms with van der Waals surface area (Å²) in [4.78, 5) is 18.4. The molecule has 2 heterocycles. The van der Waals surface area contributed by atoms with E-state index in [4.69, 9.17) is 5.73 Å². The Kier molecular flexibility index (Phi) is 4.41. The van der Waals surface area contributed by atoms with Gasteiger partial charge in [0, 0.05) is 25.8 Å². The van der Waals surface area contributed by atoms with E-state index in [0.717, 1.165) is 30.2 Å². The van der Waals surface area contributed by atoms with Crippen molar-refractivity contribution in [2.45, 2.75) is 40.0 Å². The Hall–Kier alpha value is -0.410. The summed E-state index contributed by atoms with van der Waals surface area (Å²) in [5.74, 6) is -0.422. The molecule has 3 aromatic rings. The van der Waals surface area contributed by atoms with Gasteiger partial charge in [-0.3, -0.25) is 4.79 Å². The Morgan fingerprint density at radius 3 is 2.50 bits per heavy atom. The van der Waals surface area contributed by atoms with Crippen LogP contribution < -0.4 is 5.73 Å². The third kappa shape index (κ3) is 2.54. The van der Waals surface area contributed by atoms with E-state index in [1.165, 1.54) is 11.3 Å². The summed E-state index contributed by atoms with van der Waals surface area (Å²) in [6, 6.07) is 0. The highest BCUT2D eigenvalue weighted by Gasteiger charge is 2.24. The minimum absolute atomic E-state index is 0.408. The average Bonchev–Trinajstić information content (AvgIpc) is 2.96. The summed E-state index contributed by atoms with van der Waals surface area (Å²) in [6.45, 7) is 6.23. The molecule has 8 heteroatoms. The van der Waals surface area contributed by atoms with Crippen LogP contribution >= 0.6 is 59.7 Å². The van der Waals surface area contributed by atoms with Crippen molar-refractivity contribution in [1.82, 2.24) is 4.98 Å². The molecule has 1 aromatic carbocycles. The summed E-state index contributed by atoms with van der Waals surface area (Å²) >= 11 is 14.0. The highest BCUT2D eigenvalue weighted by molar-refractivity contribution is 8.02. The zero-order chi connectivity index (χ0) is 16.2. The quantitative estimate of drug-likeness (QED) is 0.439. The van der Waals surface area contributed by atoms with Gasteiger partial charge in [-0.1, -0.05) is 13.8 Å². The number of thiol groups is 2. The van der Waals surface area contributed by atoms with Crippen LogP contribution in [-0.2, 0) is 0 Å². The van der Waals surface area contributed by atoms with Gasteiger partial charge in [0.2, 0.25) is 0 Å². The highest BCUT2D eigenvalue weighted by Crippen LogP contribution is 2.49. The minimum Gasteiger partial charge on any atom is -0.365 e. The van der Waals surface area contributed by atoms with Gasteiger partial charge >= 0.3 is 0 Å². The topological polar surface area (TPSA) is 56.0 Å². The molecule has 0 fully saturated rings. The van der Waals surface area contributed by atoms with Crippen molar-refractivity contribution >= 4 is 86.6 Å². The number of amides is 1. The molecule has 0 atom stereocenters. The molecule has 2 N–H and O–H groups in total. The van der Waals surface area contributed by atoms with E-state index in [0.29, 0.717) is 19.9 Å². The Morgan fingerprint density at radius 2 is 1.91 bits per heavy atom. The number of hydrogen-bond acceptors (Lipinski definition) is 7. The van der Waals surface area contributed by atoms with Crippen LogP contribution in [0.25, 0.3) is 21.0 Å². The summed E-state index contributed by atoms with van der Waals surface area (Å²) < 4.78 is 2.15. The highest BCUT2D eigenvalue weighted by atomic mass is 32.2. The molecular formula is C14H14N2OS5. The number of aryl methyl sites for hydroxylation is 1. The van der Waals surface area contributed by atoms with Crippen LogP contribution in [-0.4, -0.2) is 16.1 Å². The normalized spacial score (nSPS) is 11.9. The molecule has 22 heavy (non-hydrogen) atoms. The van der Waals surface area contributed by atoms with E-state index in [9.17, 15) is 4.79 Å². The number of thioether (sulfide) groups is 1. The fourth-order valence-electron chi connectivity index (χ4n) is 2.30. The lowest BCUT2D eigenvalue weighted by Crippen LogP contribution is -2.09. The van der Waals surface area contributed by atoms with Gasteiger partial charge < -0.3 is 5.73 Å². The SMILES string of the molecule is Cc1nc2c(S)c(S)c3c(C(N)=O)sc(SC(C)C)c3c2s1. The smallest absolute Gasteiger partial charge is 0.259 e. The van der Waals surface area contributed by atoms with Crippen LogP contribution in [0.5, 0.6) is 0 Å². The van der Waals surface area contributed by atoms with Crippen LogP contribution in [0.15, 0.2) is 14.0 Å². The molecule has 0 aliphatic heterocycles. The van der Waals surface area contributed by atoms with Gasteiger partial charge in [0.05, 0.1) is 19.4 Å². The molecule has 0 aliphatic carbocycles. The number of benzene rings is 1. The number of nitrogens with zero attached hydrogens (tertiary/aromatic N) is 1. The first kappa shape index (κ1) is 16.4. The molecule has 0 unspecified atom stereocenters. The lowest BCUT2D eigenvalue weighted by Gasteiger charge is -2.06. The number of carbonyl (C=O) groups is 1. The molecule has 0 saturated carbocycles. The maximum atomic E-state index is 11.9. The zero-order valence-electron chi connectivity index (χ0n) is 12.1. The molecule has 1 amide bonds. The summed E-state index contributed by atoms with van der Waals surface area (Å²) in [6.07, 6.45) is 0. The predicted octanol–water partition coefficient (Wildman–Crippen LogP) is 5.00. The molecule has 0 radical (unpaired) electrons. The molecule has 0 saturated heterocycles. The molecule has 3 rings (SSSR count). The van der Waals surface area contributed by atoms with Crippen molar-refractivity contribution in [1.29, 1.82) is 0 Å². The lowest BCUT2D eigenvalue weighted by molar-refractivity contribution is 0.101. The third-order valence-electron chi connectivity index (χ3n) is 3.09. The molecule has 0 aliphatic rings. The first-order valence-electron chi connectivity index (χ1n) is 6.55. The summed E-state index contributed by atoms with van der Waals surface area (Å²) in [7, 11) is 0. The Labute approximate surface area is 151 Å². The van der Waals surface area contributed by atoms with Crippen LogP contribution in [0, 0.1) is 6.92 Å². The molecule has 0 bridgehead atoms. The average molecular weight is 387 g/mol. The number of thiophene rings is 1. The van der Waals surface area contributed by atoms with E-state index < -0.39 is 5.91 Å². The van der Waals surface area contributed by atoms with Crippen LogP contribution in [0.3, 0.4) is 0 Å². The van der Waals surface area contributed by atoms with Crippen molar-refractivity contribution in [3.63, 3.8) is 0 Å².